The van der Waals surface area contributed by atoms with Crippen molar-refractivity contribution in [1.82, 2.24) is 0 Å². The van der Waals surface area contributed by atoms with Gasteiger partial charge in [0.25, 0.3) is 5.91 Å². The number of carbonyl (C=O) groups is 3. The number of amides is 2. The molecule has 2 amide bonds. The summed E-state index contributed by atoms with van der Waals surface area (Å²) in [6, 6.07) is 10.3. The number of ether oxygens (including phenoxy) is 1. The Balaban J connectivity index is 2.28. The van der Waals surface area contributed by atoms with Gasteiger partial charge in [-0.05, 0) is 51.1 Å². The highest BCUT2D eigenvalue weighted by Gasteiger charge is 2.20. The standard InChI is InChI=1S/C19H21N3O5/c1-19(2,3)27-18(26)22-15-10-11(20)8-9-14(15)21-16(23)12-6-4-5-7-13(12)17(24)25/h4-10H,20H2,1-3H3,(H,21,23)(H,22,26)(H,24,25). The quantitative estimate of drug-likeness (QED) is 0.608. The molecule has 0 aliphatic rings. The maximum Gasteiger partial charge on any atom is 0.412 e. The van der Waals surface area contributed by atoms with Crippen LogP contribution < -0.4 is 16.4 Å². The van der Waals surface area contributed by atoms with E-state index in [4.69, 9.17) is 10.5 Å². The van der Waals surface area contributed by atoms with Gasteiger partial charge in [0.1, 0.15) is 5.60 Å². The molecule has 142 valence electrons. The van der Waals surface area contributed by atoms with Crippen molar-refractivity contribution in [2.24, 2.45) is 0 Å². The summed E-state index contributed by atoms with van der Waals surface area (Å²) in [5, 5.41) is 14.3. The summed E-state index contributed by atoms with van der Waals surface area (Å²) < 4.78 is 5.20. The first-order chi connectivity index (χ1) is 12.6. The van der Waals surface area contributed by atoms with Crippen molar-refractivity contribution in [3.05, 3.63) is 53.6 Å². The second-order valence-electron chi connectivity index (χ2n) is 6.74. The van der Waals surface area contributed by atoms with Gasteiger partial charge in [-0.25, -0.2) is 9.59 Å². The van der Waals surface area contributed by atoms with Crippen molar-refractivity contribution < 1.29 is 24.2 Å². The molecule has 5 N–H and O–H groups in total. The zero-order valence-corrected chi connectivity index (χ0v) is 15.2. The lowest BCUT2D eigenvalue weighted by molar-refractivity contribution is 0.0634. The van der Waals surface area contributed by atoms with Gasteiger partial charge in [0.2, 0.25) is 0 Å². The van der Waals surface area contributed by atoms with E-state index in [-0.39, 0.29) is 22.5 Å². The molecule has 0 bridgehead atoms. The van der Waals surface area contributed by atoms with Crippen LogP contribution in [0.1, 0.15) is 41.5 Å². The molecule has 0 aromatic heterocycles. The molecular weight excluding hydrogens is 350 g/mol. The second-order valence-corrected chi connectivity index (χ2v) is 6.74. The highest BCUT2D eigenvalue weighted by atomic mass is 16.6. The number of hydrogen-bond acceptors (Lipinski definition) is 5. The van der Waals surface area contributed by atoms with Crippen molar-refractivity contribution in [3.8, 4) is 0 Å². The van der Waals surface area contributed by atoms with Gasteiger partial charge < -0.3 is 20.9 Å². The van der Waals surface area contributed by atoms with Crippen molar-refractivity contribution in [3.63, 3.8) is 0 Å². The first-order valence-electron chi connectivity index (χ1n) is 8.10. The smallest absolute Gasteiger partial charge is 0.412 e. The number of nitrogens with two attached hydrogens (primary N) is 1. The van der Waals surface area contributed by atoms with Gasteiger partial charge in [-0.2, -0.15) is 0 Å². The van der Waals surface area contributed by atoms with Crippen LogP contribution in [0, 0.1) is 0 Å². The molecular formula is C19H21N3O5. The molecule has 0 aliphatic heterocycles. The van der Waals surface area contributed by atoms with Crippen LogP contribution in [-0.4, -0.2) is 28.7 Å². The highest BCUT2D eigenvalue weighted by Crippen LogP contribution is 2.26. The Morgan fingerprint density at radius 2 is 1.59 bits per heavy atom. The molecule has 2 aromatic carbocycles. The Hall–Kier alpha value is -3.55. The molecule has 0 unspecified atom stereocenters. The summed E-state index contributed by atoms with van der Waals surface area (Å²) >= 11 is 0. The number of hydrogen-bond donors (Lipinski definition) is 4. The first-order valence-corrected chi connectivity index (χ1v) is 8.10. The number of benzene rings is 2. The third-order valence-corrected chi connectivity index (χ3v) is 3.33. The number of aromatic carboxylic acids is 1. The molecule has 8 heteroatoms. The lowest BCUT2D eigenvalue weighted by Crippen LogP contribution is -2.27. The Kier molecular flexibility index (Phi) is 5.69. The molecule has 0 heterocycles. The molecule has 0 radical (unpaired) electrons. The molecule has 2 aromatic rings. The van der Waals surface area contributed by atoms with Crippen LogP contribution in [0.2, 0.25) is 0 Å². The van der Waals surface area contributed by atoms with Gasteiger partial charge in [0.05, 0.1) is 22.5 Å². The largest absolute Gasteiger partial charge is 0.478 e. The van der Waals surface area contributed by atoms with Crippen LogP contribution in [0.4, 0.5) is 21.9 Å². The third-order valence-electron chi connectivity index (χ3n) is 3.33. The van der Waals surface area contributed by atoms with E-state index in [1.807, 2.05) is 0 Å². The predicted molar refractivity (Wildman–Crippen MR) is 102 cm³/mol. The number of nitrogen functional groups attached to an aromatic ring is 1. The van der Waals surface area contributed by atoms with Gasteiger partial charge in [-0.1, -0.05) is 12.1 Å². The van der Waals surface area contributed by atoms with Crippen molar-refractivity contribution in [1.29, 1.82) is 0 Å². The van der Waals surface area contributed by atoms with Crippen LogP contribution in [0.5, 0.6) is 0 Å². The number of carboxylic acid groups (broad SMARTS) is 1. The highest BCUT2D eigenvalue weighted by molar-refractivity contribution is 6.12. The van der Waals surface area contributed by atoms with Crippen LogP contribution in [0.25, 0.3) is 0 Å². The number of carbonyl (C=O) groups excluding carboxylic acids is 2. The van der Waals surface area contributed by atoms with E-state index in [1.165, 1.54) is 30.3 Å². The molecule has 0 aliphatic carbocycles. The van der Waals surface area contributed by atoms with Crippen molar-refractivity contribution in [2.45, 2.75) is 26.4 Å². The summed E-state index contributed by atoms with van der Waals surface area (Å²) in [6.07, 6.45) is -0.713. The van der Waals surface area contributed by atoms with Gasteiger partial charge in [-0.15, -0.1) is 0 Å². The summed E-state index contributed by atoms with van der Waals surface area (Å²) in [5.74, 6) is -1.85. The van der Waals surface area contributed by atoms with Gasteiger partial charge in [0.15, 0.2) is 0 Å². The third kappa shape index (κ3) is 5.46. The molecule has 0 spiro atoms. The number of carboxylic acids is 1. The average Bonchev–Trinajstić information content (AvgIpc) is 2.55. The van der Waals surface area contributed by atoms with Crippen LogP contribution >= 0.6 is 0 Å². The monoisotopic (exact) mass is 371 g/mol. The molecule has 0 saturated heterocycles. The van der Waals surface area contributed by atoms with E-state index in [9.17, 15) is 19.5 Å². The molecule has 0 saturated carbocycles. The van der Waals surface area contributed by atoms with Crippen molar-refractivity contribution in [2.75, 3.05) is 16.4 Å². The van der Waals surface area contributed by atoms with Crippen LogP contribution in [0.15, 0.2) is 42.5 Å². The number of anilines is 3. The molecule has 8 nitrogen and oxygen atoms in total. The maximum atomic E-state index is 12.5. The first kappa shape index (κ1) is 19.8. The number of nitrogens with one attached hydrogen (secondary N) is 2. The van der Waals surface area contributed by atoms with E-state index < -0.39 is 23.6 Å². The van der Waals surface area contributed by atoms with Crippen molar-refractivity contribution >= 4 is 35.0 Å². The summed E-state index contributed by atoms with van der Waals surface area (Å²) in [5.41, 5.74) is 5.76. The fraction of sp³-hybridized carbons (Fsp3) is 0.211. The zero-order chi connectivity index (χ0) is 20.2. The van der Waals surface area contributed by atoms with E-state index >= 15 is 0 Å². The van der Waals surface area contributed by atoms with E-state index in [1.54, 1.807) is 32.9 Å². The Morgan fingerprint density at radius 3 is 2.19 bits per heavy atom. The minimum Gasteiger partial charge on any atom is -0.478 e. The Bertz CT molecular complexity index is 887. The van der Waals surface area contributed by atoms with Gasteiger partial charge >= 0.3 is 12.1 Å². The molecule has 0 fully saturated rings. The Labute approximate surface area is 156 Å². The van der Waals surface area contributed by atoms with E-state index in [0.717, 1.165) is 0 Å². The Morgan fingerprint density at radius 1 is 0.963 bits per heavy atom. The summed E-state index contributed by atoms with van der Waals surface area (Å²) in [4.78, 5) is 35.9. The normalized spacial score (nSPS) is 10.8. The predicted octanol–water partition coefficient (Wildman–Crippen LogP) is 3.57. The minimum absolute atomic E-state index is 0.00922. The zero-order valence-electron chi connectivity index (χ0n) is 15.2. The lowest BCUT2D eigenvalue weighted by Gasteiger charge is -2.20. The summed E-state index contributed by atoms with van der Waals surface area (Å²) in [7, 11) is 0. The lowest BCUT2D eigenvalue weighted by atomic mass is 10.1. The molecule has 2 rings (SSSR count). The van der Waals surface area contributed by atoms with Gasteiger partial charge in [0, 0.05) is 5.69 Å². The van der Waals surface area contributed by atoms with Gasteiger partial charge in [-0.3, -0.25) is 10.1 Å². The number of rotatable bonds is 4. The molecule has 27 heavy (non-hydrogen) atoms. The topological polar surface area (TPSA) is 131 Å². The van der Waals surface area contributed by atoms with Crippen LogP contribution in [0.3, 0.4) is 0 Å². The molecule has 0 atom stereocenters. The van der Waals surface area contributed by atoms with E-state index in [0.29, 0.717) is 5.69 Å². The SMILES string of the molecule is CC(C)(C)OC(=O)Nc1cc(N)ccc1NC(=O)c1ccccc1C(=O)O. The van der Waals surface area contributed by atoms with Crippen LogP contribution in [-0.2, 0) is 4.74 Å². The minimum atomic E-state index is -1.22. The second kappa shape index (κ2) is 7.77. The average molecular weight is 371 g/mol. The maximum absolute atomic E-state index is 12.5. The fourth-order valence-electron chi connectivity index (χ4n) is 2.25. The summed E-state index contributed by atoms with van der Waals surface area (Å²) in [6.45, 7) is 5.16. The van der Waals surface area contributed by atoms with E-state index in [2.05, 4.69) is 10.6 Å². The fourth-order valence-corrected chi connectivity index (χ4v) is 2.25.